The van der Waals surface area contributed by atoms with Crippen molar-refractivity contribution in [1.29, 1.82) is 0 Å². The maximum Gasteiger partial charge on any atom is 0.327 e. The number of imide groups is 1. The number of benzene rings is 2. The Morgan fingerprint density at radius 2 is 1.25 bits per heavy atom. The quantitative estimate of drug-likeness (QED) is 0.0466. The zero-order chi connectivity index (χ0) is 57.3. The fourth-order valence-corrected chi connectivity index (χ4v) is 8.83. The summed E-state index contributed by atoms with van der Waals surface area (Å²) in [4.78, 5) is 76.6. The Balaban J connectivity index is 1.01. The van der Waals surface area contributed by atoms with Crippen LogP contribution < -0.4 is 16.4 Å². The summed E-state index contributed by atoms with van der Waals surface area (Å²) < 4.78 is 75.3. The molecular weight excluding hydrogens is 1050 g/mol. The molecule has 0 spiro atoms. The molecule has 0 bridgehead atoms. The van der Waals surface area contributed by atoms with Crippen molar-refractivity contribution in [3.63, 3.8) is 0 Å². The van der Waals surface area contributed by atoms with Crippen LogP contribution in [0.2, 0.25) is 0 Å². The number of hydrogen-bond donors (Lipinski definition) is 4. The first-order valence-electron chi connectivity index (χ1n) is 26.3. The zero-order valence-electron chi connectivity index (χ0n) is 45.5. The van der Waals surface area contributed by atoms with E-state index in [0.717, 1.165) is 52.6 Å². The molecule has 2 atom stereocenters. The van der Waals surface area contributed by atoms with Crippen LogP contribution in [0.1, 0.15) is 50.9 Å². The van der Waals surface area contributed by atoms with Gasteiger partial charge < -0.3 is 68.8 Å². The van der Waals surface area contributed by atoms with Gasteiger partial charge in [0.2, 0.25) is 17.7 Å². The molecule has 5 amide bonds. The summed E-state index contributed by atoms with van der Waals surface area (Å²) in [5.74, 6) is -4.85. The lowest BCUT2D eigenvalue weighted by Gasteiger charge is -2.41. The Kier molecular flexibility index (Phi) is 31.1. The summed E-state index contributed by atoms with van der Waals surface area (Å²) in [5, 5.41) is 15.1. The second-order valence-electron chi connectivity index (χ2n) is 19.0. The zero-order valence-corrected chi connectivity index (χ0v) is 46.3. The van der Waals surface area contributed by atoms with Gasteiger partial charge in [0.05, 0.1) is 118 Å². The lowest BCUT2D eigenvalue weighted by Crippen LogP contribution is -2.45. The number of nitrogens with one attached hydrogen (secondary N) is 2. The maximum absolute atomic E-state index is 15.2. The van der Waals surface area contributed by atoms with Crippen LogP contribution in [0.25, 0.3) is 11.1 Å². The number of ether oxygens (including phenoxy) is 8. The number of amides is 5. The molecule has 0 radical (unpaired) electrons. The van der Waals surface area contributed by atoms with E-state index in [-0.39, 0.29) is 75.5 Å². The second kappa shape index (κ2) is 37.3. The Labute approximate surface area is 465 Å². The fourth-order valence-electron chi connectivity index (χ4n) is 7.91. The minimum absolute atomic E-state index is 0.0401. The number of rotatable bonds is 43. The molecule has 1 aliphatic rings. The Morgan fingerprint density at radius 1 is 0.722 bits per heavy atom. The van der Waals surface area contributed by atoms with Crippen molar-refractivity contribution in [3.8, 4) is 11.1 Å². The molecule has 3 aromatic rings. The lowest BCUT2D eigenvalue weighted by atomic mass is 9.83. The predicted molar refractivity (Wildman–Crippen MR) is 290 cm³/mol. The first-order valence-corrected chi connectivity index (χ1v) is 27.5. The largest absolute Gasteiger partial charge is 0.480 e. The van der Waals surface area contributed by atoms with E-state index in [4.69, 9.17) is 43.6 Å². The number of aliphatic carboxylic acids is 1. The van der Waals surface area contributed by atoms with Gasteiger partial charge in [-0.15, -0.1) is 11.8 Å². The van der Waals surface area contributed by atoms with E-state index in [0.29, 0.717) is 110 Å². The van der Waals surface area contributed by atoms with Gasteiger partial charge in [-0.25, -0.2) is 13.6 Å². The van der Waals surface area contributed by atoms with Gasteiger partial charge in [0, 0.05) is 67.0 Å². The molecule has 1 aliphatic heterocycles. The van der Waals surface area contributed by atoms with E-state index in [1.165, 1.54) is 0 Å². The van der Waals surface area contributed by atoms with Crippen LogP contribution >= 0.6 is 11.8 Å². The van der Waals surface area contributed by atoms with Crippen LogP contribution in [-0.4, -0.2) is 204 Å². The molecule has 2 aromatic carbocycles. The molecule has 79 heavy (non-hydrogen) atoms. The van der Waals surface area contributed by atoms with Gasteiger partial charge >= 0.3 is 5.97 Å². The van der Waals surface area contributed by atoms with Crippen LogP contribution in [0, 0.1) is 17.0 Å². The molecule has 438 valence electrons. The van der Waals surface area contributed by atoms with Crippen LogP contribution in [0.5, 0.6) is 0 Å². The predicted octanol–water partition coefficient (Wildman–Crippen LogP) is 3.61. The number of carboxylic acid groups (broad SMARTS) is 1. The highest BCUT2D eigenvalue weighted by Gasteiger charge is 2.37. The summed E-state index contributed by atoms with van der Waals surface area (Å²) >= 11 is 1.08. The van der Waals surface area contributed by atoms with Crippen molar-refractivity contribution < 1.29 is 80.5 Å². The van der Waals surface area contributed by atoms with Crippen molar-refractivity contribution in [3.05, 3.63) is 95.8 Å². The van der Waals surface area contributed by atoms with Crippen molar-refractivity contribution in [2.24, 2.45) is 11.1 Å². The van der Waals surface area contributed by atoms with E-state index >= 15 is 4.39 Å². The van der Waals surface area contributed by atoms with E-state index in [9.17, 15) is 38.3 Å². The topological polar surface area (TPSA) is 258 Å². The third-order valence-corrected chi connectivity index (χ3v) is 12.7. The average molecular weight is 1130 g/mol. The SMILES string of the molecule is CC(C)(C)C(c1cc(-c2cc(F)ccc2F)cn1Cc1ccccc1)N(CCCN)C(=O)CSCC(NC(=O)CCOCCOCCOCCOCCOCCOCCOCCOCCNC(=O)CN1C(=O)C=CC1=O)C(=O)O. The highest BCUT2D eigenvalue weighted by molar-refractivity contribution is 8.00. The summed E-state index contributed by atoms with van der Waals surface area (Å²) in [6.45, 7) is 12.1. The molecule has 5 N–H and O–H groups in total. The lowest BCUT2D eigenvalue weighted by molar-refractivity contribution is -0.141. The number of hydrogen-bond acceptors (Lipinski definition) is 16. The molecule has 0 aliphatic carbocycles. The smallest absolute Gasteiger partial charge is 0.327 e. The molecule has 0 saturated heterocycles. The number of carbonyl (C=O) groups excluding carboxylic acids is 5. The molecule has 1 aromatic heterocycles. The van der Waals surface area contributed by atoms with Crippen LogP contribution in [0.4, 0.5) is 8.78 Å². The van der Waals surface area contributed by atoms with Crippen molar-refractivity contribution in [1.82, 2.24) is 25.0 Å². The van der Waals surface area contributed by atoms with Crippen molar-refractivity contribution >= 4 is 47.3 Å². The van der Waals surface area contributed by atoms with Gasteiger partial charge in [0.15, 0.2) is 0 Å². The number of halogens is 2. The Morgan fingerprint density at radius 3 is 1.77 bits per heavy atom. The summed E-state index contributed by atoms with van der Waals surface area (Å²) in [7, 11) is 0. The third-order valence-electron chi connectivity index (χ3n) is 11.7. The first kappa shape index (κ1) is 65.8. The Hall–Kier alpha value is -5.67. The Bertz CT molecular complexity index is 2340. The van der Waals surface area contributed by atoms with Gasteiger partial charge in [0.25, 0.3) is 11.8 Å². The van der Waals surface area contributed by atoms with Gasteiger partial charge in [-0.1, -0.05) is 51.1 Å². The van der Waals surface area contributed by atoms with Crippen molar-refractivity contribution in [2.75, 3.05) is 143 Å². The normalized spacial score (nSPS) is 13.3. The molecule has 2 heterocycles. The molecule has 2 unspecified atom stereocenters. The highest BCUT2D eigenvalue weighted by atomic mass is 32.2. The average Bonchev–Trinajstić information content (AvgIpc) is 4.21. The van der Waals surface area contributed by atoms with Crippen LogP contribution in [0.15, 0.2) is 72.9 Å². The minimum Gasteiger partial charge on any atom is -0.480 e. The number of carbonyl (C=O) groups is 6. The molecule has 24 heteroatoms. The first-order chi connectivity index (χ1) is 38.1. The minimum atomic E-state index is -1.27. The van der Waals surface area contributed by atoms with Crippen LogP contribution in [0.3, 0.4) is 0 Å². The number of thioether (sulfide) groups is 1. The standard InChI is InChI=1S/C55H78F2N6O15S/c1-55(2,3)53(47-34-42(44-35-43(56)10-11-45(44)57)37-61(47)36-41-8-5-4-6-9-41)62(17-7-15-58)52(68)40-79-39-46(54(69)70)60-48(64)14-18-71-20-22-73-24-26-75-28-30-77-32-33-78-31-29-76-27-25-74-23-21-72-19-16-59-49(65)38-63-50(66)12-13-51(63)67/h4-6,8-13,34-35,37,46,53H,7,14-33,36,38-40,58H2,1-3H3,(H,59,65)(H,60,64)(H,69,70). The molecule has 4 rings (SSSR count). The summed E-state index contributed by atoms with van der Waals surface area (Å²) in [5.41, 5.74) is 7.61. The molecule has 0 fully saturated rings. The van der Waals surface area contributed by atoms with Gasteiger partial charge in [-0.2, -0.15) is 0 Å². The fraction of sp³-hybridized carbons (Fsp3) is 0.564. The number of carboxylic acids is 1. The summed E-state index contributed by atoms with van der Waals surface area (Å²) in [6.07, 6.45) is 4.41. The van der Waals surface area contributed by atoms with E-state index in [1.54, 1.807) is 17.2 Å². The molecular formula is C55H78F2N6O15S. The van der Waals surface area contributed by atoms with Gasteiger partial charge in [-0.3, -0.25) is 28.9 Å². The van der Waals surface area contributed by atoms with E-state index < -0.39 is 58.7 Å². The molecule has 21 nitrogen and oxygen atoms in total. The highest BCUT2D eigenvalue weighted by Crippen LogP contribution is 2.41. The number of nitrogens with two attached hydrogens (primary N) is 1. The van der Waals surface area contributed by atoms with Gasteiger partial charge in [-0.05, 0) is 48.2 Å². The number of nitrogens with zero attached hydrogens (tertiary/aromatic N) is 3. The third kappa shape index (κ3) is 25.6. The van der Waals surface area contributed by atoms with Gasteiger partial charge in [0.1, 0.15) is 24.2 Å². The molecule has 0 saturated carbocycles. The van der Waals surface area contributed by atoms with E-state index in [1.807, 2.05) is 55.7 Å². The number of aromatic nitrogens is 1. The van der Waals surface area contributed by atoms with E-state index in [2.05, 4.69) is 10.6 Å². The monoisotopic (exact) mass is 1130 g/mol. The summed E-state index contributed by atoms with van der Waals surface area (Å²) in [6, 6.07) is 12.9. The second-order valence-corrected chi connectivity index (χ2v) is 20.0. The van der Waals surface area contributed by atoms with Crippen LogP contribution in [-0.2, 0) is 73.2 Å². The van der Waals surface area contributed by atoms with Crippen molar-refractivity contribution in [2.45, 2.75) is 52.2 Å². The maximum atomic E-state index is 15.2.